The van der Waals surface area contributed by atoms with Crippen molar-refractivity contribution in [2.75, 3.05) is 95.1 Å². The molecule has 8 amide bonds. The maximum Gasteiger partial charge on any atom is 0.252 e. The highest BCUT2D eigenvalue weighted by atomic mass is 35.5. The van der Waals surface area contributed by atoms with Crippen LogP contribution in [-0.2, 0) is 49.6 Å². The minimum absolute atomic E-state index is 0.0245. The number of hydrogen-bond donors (Lipinski definition) is 20. The topological polar surface area (TPSA) is 518 Å². The highest BCUT2D eigenvalue weighted by Gasteiger charge is 2.49. The molecule has 7 aliphatic rings. The number of phenolic OH excluding ortho intramolecular Hbond substituents is 5. The minimum atomic E-state index is -2.42. The van der Waals surface area contributed by atoms with E-state index in [2.05, 4.69) is 74.2 Å². The Labute approximate surface area is 762 Å². The van der Waals surface area contributed by atoms with E-state index in [0.29, 0.717) is 43.4 Å². The Morgan fingerprint density at radius 2 is 1.05 bits per heavy atom. The number of nitrogens with two attached hydrogens (primary N) is 1. The van der Waals surface area contributed by atoms with Gasteiger partial charge in [-0.25, -0.2) is 0 Å². The summed E-state index contributed by atoms with van der Waals surface area (Å²) in [6.07, 6.45) is -0.250. The van der Waals surface area contributed by atoms with Gasteiger partial charge in [0.25, 0.3) is 5.91 Å². The number of carbonyl (C=O) groups is 8. The largest absolute Gasteiger partial charge is 0.508 e. The number of phenols is 5. The van der Waals surface area contributed by atoms with E-state index in [4.69, 9.17) is 52.6 Å². The van der Waals surface area contributed by atoms with Gasteiger partial charge >= 0.3 is 0 Å². The number of amides is 8. The molecule has 14 rings (SSSR count). The van der Waals surface area contributed by atoms with Crippen molar-refractivity contribution in [1.82, 2.24) is 63.0 Å². The molecule has 15 bridgehead atoms. The average Bonchev–Trinajstić information content (AvgIpc) is 1.17. The fraction of sp³-hybridized carbons (Fsp3) is 0.457. The number of nitrogens with zero attached hydrogens (tertiary/aromatic N) is 3. The van der Waals surface area contributed by atoms with Crippen molar-refractivity contribution >= 4 is 70.5 Å². The lowest BCUT2D eigenvalue weighted by Crippen LogP contribution is -2.65. The first-order chi connectivity index (χ1) is 62.0. The van der Waals surface area contributed by atoms with Crippen molar-refractivity contribution in [2.24, 2.45) is 5.73 Å². The molecule has 1 fully saturated rings. The van der Waals surface area contributed by atoms with E-state index in [1.54, 1.807) is 0 Å². The molecule has 36 nitrogen and oxygen atoms in total. The summed E-state index contributed by atoms with van der Waals surface area (Å²) < 4.78 is 33.3. The number of aliphatic hydroxyl groups is 4. The number of likely N-dealkylation sites (N-methyl/N-ethyl adjacent to an activating group) is 1. The number of fused-ring (bicyclic) bond motifs is 13. The van der Waals surface area contributed by atoms with Gasteiger partial charge in [-0.15, -0.1) is 0 Å². The Morgan fingerprint density at radius 1 is 0.508 bits per heavy atom. The fourth-order valence-corrected chi connectivity index (χ4v) is 17.0. The van der Waals surface area contributed by atoms with Gasteiger partial charge in [-0.1, -0.05) is 105 Å². The van der Waals surface area contributed by atoms with Crippen LogP contribution in [0.1, 0.15) is 171 Å². The van der Waals surface area contributed by atoms with Gasteiger partial charge in [-0.2, -0.15) is 0 Å². The molecule has 7 aromatic rings. The molecule has 0 aromatic heterocycles. The van der Waals surface area contributed by atoms with E-state index < -0.39 is 211 Å². The van der Waals surface area contributed by atoms with Gasteiger partial charge < -0.3 is 143 Å². The first kappa shape index (κ1) is 97.7. The normalized spacial score (nSPS) is 22.8. The van der Waals surface area contributed by atoms with Crippen LogP contribution >= 0.6 is 23.2 Å². The molecule has 700 valence electrons. The lowest BCUT2D eigenvalue weighted by molar-refractivity contribution is -0.890. The number of hydrogen-bond acceptors (Lipinski definition) is 27. The van der Waals surface area contributed by atoms with Crippen LogP contribution in [0, 0.1) is 0 Å². The molecule has 130 heavy (non-hydrogen) atoms. The summed E-state index contributed by atoms with van der Waals surface area (Å²) in [4.78, 5) is 129. The highest BCUT2D eigenvalue weighted by Crippen LogP contribution is 2.52. The predicted molar refractivity (Wildman–Crippen MR) is 479 cm³/mol. The van der Waals surface area contributed by atoms with E-state index in [1.165, 1.54) is 100 Å². The third-order valence-electron chi connectivity index (χ3n) is 23.7. The van der Waals surface area contributed by atoms with Gasteiger partial charge in [0.15, 0.2) is 29.1 Å². The maximum atomic E-state index is 17.0. The average molecular weight is 1840 g/mol. The van der Waals surface area contributed by atoms with Gasteiger partial charge in [-0.3, -0.25) is 38.4 Å². The van der Waals surface area contributed by atoms with Crippen LogP contribution in [-0.4, -0.2) is 245 Å². The molecule has 0 radical (unpaired) electrons. The molecule has 14 atom stereocenters. The number of halogens is 2. The molecule has 7 heterocycles. The molecule has 0 spiro atoms. The summed E-state index contributed by atoms with van der Waals surface area (Å²) in [5, 5.41) is 137. The van der Waals surface area contributed by atoms with Crippen molar-refractivity contribution in [3.05, 3.63) is 164 Å². The van der Waals surface area contributed by atoms with Crippen LogP contribution < -0.4 is 77.8 Å². The lowest BCUT2D eigenvalue weighted by atomic mass is 9.85. The number of nitrogens with one attached hydrogen (secondary N) is 10. The zero-order chi connectivity index (χ0) is 93.7. The first-order valence-electron chi connectivity index (χ1n) is 43.6. The molecule has 1 saturated heterocycles. The first-order valence-corrected chi connectivity index (χ1v) is 44.3. The van der Waals surface area contributed by atoms with E-state index >= 15 is 28.8 Å². The van der Waals surface area contributed by atoms with Crippen LogP contribution in [0.2, 0.25) is 10.0 Å². The smallest absolute Gasteiger partial charge is 0.252 e. The van der Waals surface area contributed by atoms with Crippen LogP contribution in [0.15, 0.2) is 109 Å². The van der Waals surface area contributed by atoms with E-state index in [9.17, 15) is 55.5 Å². The molecule has 0 saturated carbocycles. The zero-order valence-corrected chi connectivity index (χ0v) is 75.1. The lowest BCUT2D eigenvalue weighted by Gasteiger charge is -2.40. The van der Waals surface area contributed by atoms with Crippen molar-refractivity contribution < 1.29 is 112 Å². The quantitative estimate of drug-likeness (QED) is 0.0180. The summed E-state index contributed by atoms with van der Waals surface area (Å²) in [5.41, 5.74) is 3.59. The molecule has 10 unspecified atom stereocenters. The Hall–Kier alpha value is -11.4. The zero-order valence-electron chi connectivity index (χ0n) is 73.6. The molecule has 7 aliphatic heterocycles. The Kier molecular flexibility index (Phi) is 32.7. The summed E-state index contributed by atoms with van der Waals surface area (Å²) >= 11 is 14.5. The Balaban J connectivity index is 1.07. The van der Waals surface area contributed by atoms with E-state index in [0.717, 1.165) is 86.9 Å². The van der Waals surface area contributed by atoms with Gasteiger partial charge in [0.2, 0.25) is 53.4 Å². The third-order valence-corrected chi connectivity index (χ3v) is 24.3. The number of quaternary nitrogens is 1. The summed E-state index contributed by atoms with van der Waals surface area (Å²) in [7, 11) is 13.0. The third kappa shape index (κ3) is 23.3. The molecule has 21 N–H and O–H groups in total. The Bertz CT molecular complexity index is 5300. The standard InChI is InChI=1S/C92H116Cl2N14O22/c1-9-10-11-12-13-14-15-16-17-35-108(7,8)36-21-30-97-46-56-61(112)45-55-68(79(56)115)67-54(22-18-23-60(67)111)73-88(122)105-76(90(124)103-74(55)84(118)98-31-19-33-106(3)4)78(114)49-26-29-63(58(94)40-49)128-66-43-51-42-65(82(66)129-92-69(95)80(116)81(117)83(130-92)91(125)99-32-20-34-107(5)6)127-62-28-25-48(39-57(62)93)77(113)75-89(123)101-71(86(120)100-72(51)87(121)102-73)50-37-52(109)44-53(38-50)126-64-41-47(24-27-59(64)110)70(96-2)85(119)104-75/h18,22-29,37-45,69-78,80-81,83,92,96-97,113-114,116-117H,9-17,19-21,30-36,46,95H2,1-8H3,(H12-,98,99,100,101,102,103,104,105,109,110,111,112,115,118,119,120,121,122,123,124,125)/p+1/t69-,70?,71?,72?,73?,74?,75?,76?,77?,78?,80-,81+,83?,92-/m0/s1. The molecular weight excluding hydrogens is 1720 g/mol. The van der Waals surface area contributed by atoms with Crippen molar-refractivity contribution in [2.45, 2.75) is 176 Å². The van der Waals surface area contributed by atoms with Crippen molar-refractivity contribution in [1.29, 1.82) is 0 Å². The number of ether oxygens (including phenoxy) is 5. The number of aromatic hydroxyl groups is 5. The van der Waals surface area contributed by atoms with Gasteiger partial charge in [0, 0.05) is 49.8 Å². The predicted octanol–water partition coefficient (Wildman–Crippen LogP) is 6.32. The Morgan fingerprint density at radius 3 is 1.65 bits per heavy atom. The molecule has 38 heteroatoms. The number of carbonyl (C=O) groups excluding carboxylic acids is 8. The summed E-state index contributed by atoms with van der Waals surface area (Å²) in [5.74, 6) is -16.2. The van der Waals surface area contributed by atoms with E-state index in [1.807, 2.05) is 38.0 Å². The maximum absolute atomic E-state index is 17.0. The number of benzene rings is 7. The number of rotatable bonds is 29. The highest BCUT2D eigenvalue weighted by molar-refractivity contribution is 6.32. The fourth-order valence-electron chi connectivity index (χ4n) is 16.6. The number of unbranched alkanes of at least 4 members (excludes halogenated alkanes) is 8. The second-order valence-electron chi connectivity index (χ2n) is 34.5. The minimum Gasteiger partial charge on any atom is -0.508 e. The van der Waals surface area contributed by atoms with E-state index in [-0.39, 0.29) is 75.5 Å². The van der Waals surface area contributed by atoms with Crippen LogP contribution in [0.4, 0.5) is 0 Å². The monoisotopic (exact) mass is 1840 g/mol. The van der Waals surface area contributed by atoms with Crippen molar-refractivity contribution in [3.63, 3.8) is 0 Å². The van der Waals surface area contributed by atoms with Gasteiger partial charge in [-0.05, 0) is 186 Å². The van der Waals surface area contributed by atoms with Crippen LogP contribution in [0.25, 0.3) is 11.1 Å². The molecule has 0 aliphatic carbocycles. The second-order valence-corrected chi connectivity index (χ2v) is 35.4. The van der Waals surface area contributed by atoms with Gasteiger partial charge in [0.05, 0.1) is 48.8 Å². The van der Waals surface area contributed by atoms with Crippen molar-refractivity contribution in [3.8, 4) is 80.1 Å². The summed E-state index contributed by atoms with van der Waals surface area (Å²) in [6.45, 7) is 4.97. The molecular formula is C92H117Cl2N14O22+. The summed E-state index contributed by atoms with van der Waals surface area (Å²) in [6, 6.07) is 4.56. The van der Waals surface area contributed by atoms with Crippen LogP contribution in [0.5, 0.6) is 69.0 Å². The second kappa shape index (κ2) is 43.6. The molecule has 7 aromatic carbocycles. The number of aliphatic hydroxyl groups excluding tert-OH is 4. The van der Waals surface area contributed by atoms with Gasteiger partial charge in [0.1, 0.15) is 107 Å². The SMILES string of the molecule is CCCCCCCCCCC[N+](C)(C)CCCNCc1c(O)cc2c(c1O)-c1c(O)cccc1C1NC(=O)C3NC(=O)C4NC(=O)C(NC(=O)C(NC)c5ccc(O)c(c5)Oc5cc(O)cc4c5)C(O)c4ccc(c(Cl)c4)Oc4cc3cc(c4O[C@H]3OC(C(=O)NCCCN(C)C)[C@H](O)[C@@H](O)[C@@H]3N)Oc3ccc(cc3Cl)C(O)C(NC1=O)C(=O)NC2C(=O)NCCCN(C)C. The van der Waals surface area contributed by atoms with Crippen LogP contribution in [0.3, 0.4) is 0 Å².